The lowest BCUT2D eigenvalue weighted by molar-refractivity contribution is 0.874. The molecule has 0 fully saturated rings. The highest BCUT2D eigenvalue weighted by molar-refractivity contribution is 6.31. The van der Waals surface area contributed by atoms with Crippen molar-refractivity contribution in [2.45, 2.75) is 19.0 Å². The second-order valence-corrected chi connectivity index (χ2v) is 5.24. The van der Waals surface area contributed by atoms with Crippen molar-refractivity contribution in [3.63, 3.8) is 0 Å². The summed E-state index contributed by atoms with van der Waals surface area (Å²) < 4.78 is 0. The minimum Gasteiger partial charge on any atom is -0.363 e. The van der Waals surface area contributed by atoms with Gasteiger partial charge in [-0.25, -0.2) is 0 Å². The molecule has 1 aliphatic rings. The van der Waals surface area contributed by atoms with Gasteiger partial charge in [0.25, 0.3) is 0 Å². The summed E-state index contributed by atoms with van der Waals surface area (Å²) in [6, 6.07) is 14.4. The standard InChI is InChI=1S/C15H13Cl2N/c16-8-11-5-6-14(17)7-15(11)18-9-12-3-1-2-4-13(12)10-18/h1-7H,8-10H2. The summed E-state index contributed by atoms with van der Waals surface area (Å²) in [7, 11) is 0. The van der Waals surface area contributed by atoms with E-state index in [1.807, 2.05) is 18.2 Å². The van der Waals surface area contributed by atoms with E-state index in [1.54, 1.807) is 0 Å². The lowest BCUT2D eigenvalue weighted by Gasteiger charge is -2.21. The zero-order chi connectivity index (χ0) is 12.5. The summed E-state index contributed by atoms with van der Waals surface area (Å²) in [6.45, 7) is 1.86. The fourth-order valence-corrected chi connectivity index (χ4v) is 2.84. The molecular formula is C15H13Cl2N. The van der Waals surface area contributed by atoms with Crippen LogP contribution in [-0.4, -0.2) is 0 Å². The molecule has 92 valence electrons. The molecule has 0 saturated heterocycles. The van der Waals surface area contributed by atoms with E-state index in [9.17, 15) is 0 Å². The maximum absolute atomic E-state index is 6.09. The van der Waals surface area contributed by atoms with Crippen molar-refractivity contribution < 1.29 is 0 Å². The van der Waals surface area contributed by atoms with Gasteiger partial charge in [0, 0.05) is 29.7 Å². The first-order valence-electron chi connectivity index (χ1n) is 5.94. The average Bonchev–Trinajstić information content (AvgIpc) is 2.82. The molecule has 3 rings (SSSR count). The molecule has 0 aromatic heterocycles. The minimum absolute atomic E-state index is 0.513. The first-order valence-corrected chi connectivity index (χ1v) is 6.85. The molecule has 0 bridgehead atoms. The monoisotopic (exact) mass is 277 g/mol. The molecule has 2 aromatic rings. The number of nitrogens with zero attached hydrogens (tertiary/aromatic N) is 1. The highest BCUT2D eigenvalue weighted by Crippen LogP contribution is 2.33. The maximum atomic E-state index is 6.09. The van der Waals surface area contributed by atoms with Crippen molar-refractivity contribution >= 4 is 28.9 Å². The molecule has 0 atom stereocenters. The normalized spacial score (nSPS) is 13.8. The van der Waals surface area contributed by atoms with Gasteiger partial charge < -0.3 is 4.90 Å². The summed E-state index contributed by atoms with van der Waals surface area (Å²) in [4.78, 5) is 2.33. The van der Waals surface area contributed by atoms with E-state index in [-0.39, 0.29) is 0 Å². The lowest BCUT2D eigenvalue weighted by atomic mass is 10.1. The predicted octanol–water partition coefficient (Wildman–Crippen LogP) is 4.60. The van der Waals surface area contributed by atoms with Crippen molar-refractivity contribution in [1.82, 2.24) is 0 Å². The molecule has 0 aliphatic carbocycles. The van der Waals surface area contributed by atoms with Gasteiger partial charge in [-0.05, 0) is 28.8 Å². The van der Waals surface area contributed by atoms with Gasteiger partial charge in [-0.15, -0.1) is 11.6 Å². The topological polar surface area (TPSA) is 3.24 Å². The fourth-order valence-electron chi connectivity index (χ4n) is 2.45. The molecule has 1 aliphatic heterocycles. The van der Waals surface area contributed by atoms with Crippen LogP contribution in [0.15, 0.2) is 42.5 Å². The quantitative estimate of drug-likeness (QED) is 0.726. The number of alkyl halides is 1. The Bertz CT molecular complexity index is 555. The summed E-state index contributed by atoms with van der Waals surface area (Å²) in [5.41, 5.74) is 5.05. The number of rotatable bonds is 2. The average molecular weight is 278 g/mol. The van der Waals surface area contributed by atoms with Crippen molar-refractivity contribution in [3.8, 4) is 0 Å². The van der Waals surface area contributed by atoms with E-state index in [4.69, 9.17) is 23.2 Å². The van der Waals surface area contributed by atoms with Crippen LogP contribution in [0.2, 0.25) is 5.02 Å². The van der Waals surface area contributed by atoms with Gasteiger partial charge in [-0.2, -0.15) is 0 Å². The number of hydrogen-bond donors (Lipinski definition) is 0. The third kappa shape index (κ3) is 2.09. The highest BCUT2D eigenvalue weighted by Gasteiger charge is 2.20. The van der Waals surface area contributed by atoms with Gasteiger partial charge in [0.05, 0.1) is 0 Å². The van der Waals surface area contributed by atoms with Crippen molar-refractivity contribution in [2.75, 3.05) is 4.90 Å². The highest BCUT2D eigenvalue weighted by atomic mass is 35.5. The molecule has 1 nitrogen and oxygen atoms in total. The maximum Gasteiger partial charge on any atom is 0.0494 e. The largest absolute Gasteiger partial charge is 0.363 e. The van der Waals surface area contributed by atoms with E-state index >= 15 is 0 Å². The molecule has 0 radical (unpaired) electrons. The van der Waals surface area contributed by atoms with Gasteiger partial charge in [0.15, 0.2) is 0 Å². The summed E-state index contributed by atoms with van der Waals surface area (Å²) in [6.07, 6.45) is 0. The van der Waals surface area contributed by atoms with Crippen LogP contribution in [0.1, 0.15) is 16.7 Å². The number of halogens is 2. The van der Waals surface area contributed by atoms with Gasteiger partial charge in [0.1, 0.15) is 0 Å². The Kier molecular flexibility index (Phi) is 3.19. The molecule has 0 saturated carbocycles. The van der Waals surface area contributed by atoms with Gasteiger partial charge in [-0.1, -0.05) is 41.9 Å². The Morgan fingerprint density at radius 3 is 2.28 bits per heavy atom. The number of anilines is 1. The smallest absolute Gasteiger partial charge is 0.0494 e. The van der Waals surface area contributed by atoms with Crippen molar-refractivity contribution in [3.05, 3.63) is 64.2 Å². The number of fused-ring (bicyclic) bond motifs is 1. The third-order valence-corrected chi connectivity index (χ3v) is 3.90. The molecule has 0 amide bonds. The van der Waals surface area contributed by atoms with Gasteiger partial charge in [0.2, 0.25) is 0 Å². The minimum atomic E-state index is 0.513. The SMILES string of the molecule is ClCc1ccc(Cl)cc1N1Cc2ccccc2C1. The third-order valence-electron chi connectivity index (χ3n) is 3.37. The number of benzene rings is 2. The Labute approximate surface area is 117 Å². The van der Waals surface area contributed by atoms with Crippen LogP contribution in [0.25, 0.3) is 0 Å². The molecule has 1 heterocycles. The van der Waals surface area contributed by atoms with Crippen LogP contribution in [0.3, 0.4) is 0 Å². The summed E-state index contributed by atoms with van der Waals surface area (Å²) in [5, 5.41) is 0.759. The Morgan fingerprint density at radius 1 is 1.00 bits per heavy atom. The zero-order valence-electron chi connectivity index (χ0n) is 9.87. The molecule has 2 aromatic carbocycles. The first-order chi connectivity index (χ1) is 8.78. The summed E-state index contributed by atoms with van der Waals surface area (Å²) in [5.74, 6) is 0.513. The summed E-state index contributed by atoms with van der Waals surface area (Å²) >= 11 is 12.1. The number of hydrogen-bond acceptors (Lipinski definition) is 1. The molecule has 3 heteroatoms. The van der Waals surface area contributed by atoms with E-state index in [0.29, 0.717) is 5.88 Å². The second kappa shape index (κ2) is 4.83. The van der Waals surface area contributed by atoms with Crippen LogP contribution >= 0.6 is 23.2 Å². The van der Waals surface area contributed by atoms with Crippen LogP contribution in [0, 0.1) is 0 Å². The van der Waals surface area contributed by atoms with E-state index in [0.717, 1.165) is 29.4 Å². The molecule has 0 unspecified atom stereocenters. The van der Waals surface area contributed by atoms with Crippen molar-refractivity contribution in [1.29, 1.82) is 0 Å². The molecule has 18 heavy (non-hydrogen) atoms. The van der Waals surface area contributed by atoms with E-state index in [1.165, 1.54) is 11.1 Å². The zero-order valence-corrected chi connectivity index (χ0v) is 11.4. The lowest BCUT2D eigenvalue weighted by Crippen LogP contribution is -2.16. The van der Waals surface area contributed by atoms with Crippen LogP contribution in [-0.2, 0) is 19.0 Å². The first kappa shape index (κ1) is 11.9. The van der Waals surface area contributed by atoms with E-state index < -0.39 is 0 Å². The fraction of sp³-hybridized carbons (Fsp3) is 0.200. The Balaban J connectivity index is 1.97. The van der Waals surface area contributed by atoms with Crippen molar-refractivity contribution in [2.24, 2.45) is 0 Å². The Morgan fingerprint density at radius 2 is 1.67 bits per heavy atom. The van der Waals surface area contributed by atoms with Gasteiger partial charge >= 0.3 is 0 Å². The van der Waals surface area contributed by atoms with Crippen LogP contribution in [0.5, 0.6) is 0 Å². The molecular weight excluding hydrogens is 265 g/mol. The van der Waals surface area contributed by atoms with E-state index in [2.05, 4.69) is 29.2 Å². The molecule has 0 N–H and O–H groups in total. The Hall–Kier alpha value is -1.18. The van der Waals surface area contributed by atoms with Crippen LogP contribution < -0.4 is 4.90 Å². The molecule has 0 spiro atoms. The predicted molar refractivity (Wildman–Crippen MR) is 77.3 cm³/mol. The second-order valence-electron chi connectivity index (χ2n) is 4.53. The van der Waals surface area contributed by atoms with Gasteiger partial charge in [-0.3, -0.25) is 0 Å². The van der Waals surface area contributed by atoms with Crippen LogP contribution in [0.4, 0.5) is 5.69 Å².